The van der Waals surface area contributed by atoms with Crippen LogP contribution in [0.2, 0.25) is 0 Å². The summed E-state index contributed by atoms with van der Waals surface area (Å²) >= 11 is 0. The molecular formula is C9H22NO5P. The molecule has 0 saturated carbocycles. The number of aliphatic hydroxyl groups excluding tert-OH is 2. The number of aliphatic hydroxyl groups is 2. The van der Waals surface area contributed by atoms with Gasteiger partial charge in [-0.15, -0.1) is 0 Å². The quantitative estimate of drug-likeness (QED) is 0.469. The summed E-state index contributed by atoms with van der Waals surface area (Å²) in [5, 5.41) is 18.2. The number of hydrogen-bond acceptors (Lipinski definition) is 6. The summed E-state index contributed by atoms with van der Waals surface area (Å²) in [5.74, 6) is 0. The summed E-state index contributed by atoms with van der Waals surface area (Å²) in [5.41, 5.74) is 0. The van der Waals surface area contributed by atoms with Crippen LogP contribution in [0.15, 0.2) is 0 Å². The first-order valence-electron chi connectivity index (χ1n) is 5.36. The molecule has 0 heterocycles. The third kappa shape index (κ3) is 6.58. The van der Waals surface area contributed by atoms with E-state index in [1.165, 1.54) is 4.90 Å². The van der Waals surface area contributed by atoms with Crippen molar-refractivity contribution in [2.45, 2.75) is 26.9 Å². The SMILES string of the molecule is CCOP(=O)(CN(CO)CC(C)O)OCC. The molecule has 0 aromatic rings. The highest BCUT2D eigenvalue weighted by molar-refractivity contribution is 7.53. The van der Waals surface area contributed by atoms with Crippen molar-refractivity contribution in [2.24, 2.45) is 0 Å². The monoisotopic (exact) mass is 255 g/mol. The fraction of sp³-hybridized carbons (Fsp3) is 1.00. The van der Waals surface area contributed by atoms with Gasteiger partial charge in [-0.25, -0.2) is 0 Å². The van der Waals surface area contributed by atoms with Gasteiger partial charge in [-0.3, -0.25) is 9.46 Å². The van der Waals surface area contributed by atoms with Gasteiger partial charge >= 0.3 is 7.60 Å². The Morgan fingerprint density at radius 1 is 1.31 bits per heavy atom. The van der Waals surface area contributed by atoms with Crippen LogP contribution in [-0.4, -0.2) is 54.0 Å². The van der Waals surface area contributed by atoms with Gasteiger partial charge in [0.25, 0.3) is 0 Å². The van der Waals surface area contributed by atoms with E-state index in [4.69, 9.17) is 14.2 Å². The molecule has 0 spiro atoms. The molecule has 6 nitrogen and oxygen atoms in total. The molecule has 0 aromatic heterocycles. The highest BCUT2D eigenvalue weighted by Crippen LogP contribution is 2.48. The fourth-order valence-electron chi connectivity index (χ4n) is 1.29. The second kappa shape index (κ2) is 8.17. The Morgan fingerprint density at radius 3 is 2.12 bits per heavy atom. The maximum absolute atomic E-state index is 12.1. The smallest absolute Gasteiger partial charge is 0.344 e. The van der Waals surface area contributed by atoms with E-state index in [0.29, 0.717) is 0 Å². The van der Waals surface area contributed by atoms with E-state index in [0.717, 1.165) is 0 Å². The lowest BCUT2D eigenvalue weighted by Gasteiger charge is -2.25. The Hall–Kier alpha value is 0.0300. The van der Waals surface area contributed by atoms with Crippen molar-refractivity contribution in [1.82, 2.24) is 4.90 Å². The van der Waals surface area contributed by atoms with E-state index in [1.807, 2.05) is 0 Å². The summed E-state index contributed by atoms with van der Waals surface area (Å²) < 4.78 is 22.3. The van der Waals surface area contributed by atoms with Crippen molar-refractivity contribution >= 4 is 7.60 Å². The van der Waals surface area contributed by atoms with Crippen LogP contribution >= 0.6 is 7.60 Å². The van der Waals surface area contributed by atoms with Gasteiger partial charge in [0.15, 0.2) is 0 Å². The molecule has 0 radical (unpaired) electrons. The molecule has 0 aliphatic heterocycles. The number of rotatable bonds is 9. The highest BCUT2D eigenvalue weighted by atomic mass is 31.2. The van der Waals surface area contributed by atoms with Crippen molar-refractivity contribution in [3.8, 4) is 0 Å². The number of hydrogen-bond donors (Lipinski definition) is 2. The molecule has 16 heavy (non-hydrogen) atoms. The third-order valence-electron chi connectivity index (χ3n) is 1.75. The van der Waals surface area contributed by atoms with E-state index in [9.17, 15) is 9.67 Å². The van der Waals surface area contributed by atoms with E-state index in [1.54, 1.807) is 20.8 Å². The van der Waals surface area contributed by atoms with Crippen molar-refractivity contribution in [3.05, 3.63) is 0 Å². The van der Waals surface area contributed by atoms with Gasteiger partial charge in [0.05, 0.1) is 26.0 Å². The van der Waals surface area contributed by atoms with Gasteiger partial charge < -0.3 is 19.3 Å². The molecule has 0 bridgehead atoms. The van der Waals surface area contributed by atoms with Crippen LogP contribution in [-0.2, 0) is 13.6 Å². The molecule has 0 aromatic carbocycles. The van der Waals surface area contributed by atoms with Gasteiger partial charge in [-0.2, -0.15) is 0 Å². The molecule has 2 N–H and O–H groups in total. The van der Waals surface area contributed by atoms with Crippen LogP contribution in [0, 0.1) is 0 Å². The second-order valence-electron chi connectivity index (χ2n) is 3.43. The Balaban J connectivity index is 4.39. The molecule has 0 rings (SSSR count). The maximum Gasteiger partial charge on any atom is 0.344 e. The van der Waals surface area contributed by atoms with E-state index in [2.05, 4.69) is 0 Å². The Morgan fingerprint density at radius 2 is 1.81 bits per heavy atom. The molecule has 0 fully saturated rings. The zero-order valence-electron chi connectivity index (χ0n) is 10.1. The lowest BCUT2D eigenvalue weighted by atomic mass is 10.4. The first kappa shape index (κ1) is 16.0. The Labute approximate surface area is 96.7 Å². The zero-order chi connectivity index (χ0) is 12.6. The molecule has 98 valence electrons. The summed E-state index contributed by atoms with van der Waals surface area (Å²) in [7, 11) is -3.19. The van der Waals surface area contributed by atoms with Crippen molar-refractivity contribution in [1.29, 1.82) is 0 Å². The van der Waals surface area contributed by atoms with Crippen LogP contribution < -0.4 is 0 Å². The van der Waals surface area contributed by atoms with Crippen molar-refractivity contribution < 1.29 is 23.8 Å². The Bertz CT molecular complexity index is 214. The summed E-state index contributed by atoms with van der Waals surface area (Å²) in [4.78, 5) is 1.43. The number of nitrogens with zero attached hydrogens (tertiary/aromatic N) is 1. The predicted octanol–water partition coefficient (Wildman–Crippen LogP) is 0.843. The largest absolute Gasteiger partial charge is 0.392 e. The van der Waals surface area contributed by atoms with Crippen molar-refractivity contribution in [2.75, 3.05) is 32.8 Å². The van der Waals surface area contributed by atoms with Crippen LogP contribution in [0.25, 0.3) is 0 Å². The molecule has 0 aliphatic rings. The zero-order valence-corrected chi connectivity index (χ0v) is 11.0. The molecule has 1 unspecified atom stereocenters. The normalized spacial score (nSPS) is 14.4. The minimum Gasteiger partial charge on any atom is -0.392 e. The van der Waals surface area contributed by atoms with Crippen molar-refractivity contribution in [3.63, 3.8) is 0 Å². The molecule has 0 aliphatic carbocycles. The summed E-state index contributed by atoms with van der Waals surface area (Å²) in [6.07, 6.45) is -0.625. The van der Waals surface area contributed by atoms with Crippen LogP contribution in [0.3, 0.4) is 0 Å². The maximum atomic E-state index is 12.1. The summed E-state index contributed by atoms with van der Waals surface area (Å²) in [6.45, 7) is 5.54. The minimum atomic E-state index is -3.19. The van der Waals surface area contributed by atoms with Crippen LogP contribution in [0.4, 0.5) is 0 Å². The van der Waals surface area contributed by atoms with Gasteiger partial charge in [-0.1, -0.05) is 0 Å². The molecule has 7 heteroatoms. The molecule has 1 atom stereocenters. The first-order valence-corrected chi connectivity index (χ1v) is 7.09. The first-order chi connectivity index (χ1) is 7.47. The van der Waals surface area contributed by atoms with Crippen LogP contribution in [0.1, 0.15) is 20.8 Å². The van der Waals surface area contributed by atoms with Gasteiger partial charge in [-0.05, 0) is 20.8 Å². The molecule has 0 saturated heterocycles. The van der Waals surface area contributed by atoms with Gasteiger partial charge in [0.1, 0.15) is 6.29 Å². The minimum absolute atomic E-state index is 0.0178. The standard InChI is InChI=1S/C9H22NO5P/c1-4-14-16(13,15-5-2)8-10(7-11)6-9(3)12/h9,11-12H,4-8H2,1-3H3. The fourth-order valence-corrected chi connectivity index (χ4v) is 3.01. The summed E-state index contributed by atoms with van der Waals surface area (Å²) in [6, 6.07) is 0. The van der Waals surface area contributed by atoms with E-state index < -0.39 is 13.7 Å². The lowest BCUT2D eigenvalue weighted by molar-refractivity contribution is 0.0644. The second-order valence-corrected chi connectivity index (χ2v) is 5.45. The van der Waals surface area contributed by atoms with E-state index in [-0.39, 0.29) is 32.8 Å². The van der Waals surface area contributed by atoms with Gasteiger partial charge in [0, 0.05) is 6.54 Å². The van der Waals surface area contributed by atoms with Gasteiger partial charge in [0.2, 0.25) is 0 Å². The average Bonchev–Trinajstić information content (AvgIpc) is 2.16. The highest BCUT2D eigenvalue weighted by Gasteiger charge is 2.27. The topological polar surface area (TPSA) is 79.2 Å². The van der Waals surface area contributed by atoms with Crippen LogP contribution in [0.5, 0.6) is 0 Å². The average molecular weight is 255 g/mol. The Kier molecular flexibility index (Phi) is 8.18. The third-order valence-corrected chi connectivity index (χ3v) is 3.80. The lowest BCUT2D eigenvalue weighted by Crippen LogP contribution is -2.33. The molecule has 0 amide bonds. The predicted molar refractivity (Wildman–Crippen MR) is 61.2 cm³/mol. The molecular weight excluding hydrogens is 233 g/mol. The van der Waals surface area contributed by atoms with E-state index >= 15 is 0 Å².